The summed E-state index contributed by atoms with van der Waals surface area (Å²) in [6, 6.07) is 3.32. The highest BCUT2D eigenvalue weighted by molar-refractivity contribution is 5.94. The lowest BCUT2D eigenvalue weighted by Gasteiger charge is -2.27. The predicted molar refractivity (Wildman–Crippen MR) is 103 cm³/mol. The molecule has 1 aliphatic heterocycles. The first-order chi connectivity index (χ1) is 13.1. The van der Waals surface area contributed by atoms with Crippen LogP contribution in [0, 0.1) is 0 Å². The van der Waals surface area contributed by atoms with Gasteiger partial charge in [0.2, 0.25) is 5.91 Å². The number of nitrogens with one attached hydrogen (secondary N) is 1. The Kier molecular flexibility index (Phi) is 4.57. The molecule has 0 spiro atoms. The van der Waals surface area contributed by atoms with Crippen LogP contribution in [0.25, 0.3) is 11.2 Å². The van der Waals surface area contributed by atoms with E-state index in [1.54, 1.807) is 24.0 Å². The van der Waals surface area contributed by atoms with Gasteiger partial charge >= 0.3 is 0 Å². The molecule has 0 radical (unpaired) electrons. The fraction of sp³-hybridized carbons (Fsp3) is 0.389. The molecule has 140 valence electrons. The van der Waals surface area contributed by atoms with Crippen molar-refractivity contribution < 1.29 is 4.79 Å². The Labute approximate surface area is 156 Å². The molecule has 1 atom stereocenters. The van der Waals surface area contributed by atoms with Crippen LogP contribution in [0.1, 0.15) is 32.2 Å². The number of aromatic nitrogens is 5. The average Bonchev–Trinajstić information content (AvgIpc) is 3.14. The maximum Gasteiger partial charge on any atom is 0.247 e. The lowest BCUT2D eigenvalue weighted by molar-refractivity contribution is -0.118. The Balaban J connectivity index is 1.47. The largest absolute Gasteiger partial charge is 0.382 e. The first kappa shape index (κ1) is 17.2. The number of rotatable bonds is 4. The third-order valence-corrected chi connectivity index (χ3v) is 4.88. The van der Waals surface area contributed by atoms with E-state index in [4.69, 9.17) is 5.73 Å². The monoisotopic (exact) mass is 366 g/mol. The lowest BCUT2D eigenvalue weighted by atomic mass is 10.1. The molecule has 27 heavy (non-hydrogen) atoms. The molecule has 1 aliphatic rings. The maximum absolute atomic E-state index is 12.7. The third kappa shape index (κ3) is 3.40. The molecule has 1 unspecified atom stereocenters. The second-order valence-electron chi connectivity index (χ2n) is 6.70. The van der Waals surface area contributed by atoms with Crippen LogP contribution in [0.4, 0.5) is 17.3 Å². The zero-order valence-electron chi connectivity index (χ0n) is 15.2. The number of hydrogen-bond acceptors (Lipinski definition) is 7. The van der Waals surface area contributed by atoms with E-state index in [0.29, 0.717) is 22.7 Å². The van der Waals surface area contributed by atoms with E-state index in [-0.39, 0.29) is 5.91 Å². The van der Waals surface area contributed by atoms with E-state index < -0.39 is 6.04 Å². The van der Waals surface area contributed by atoms with Crippen molar-refractivity contribution in [2.45, 2.75) is 32.2 Å². The molecule has 3 N–H and O–H groups in total. The van der Waals surface area contributed by atoms with Crippen molar-refractivity contribution in [3.8, 4) is 0 Å². The van der Waals surface area contributed by atoms with Crippen molar-refractivity contribution in [3.63, 3.8) is 0 Å². The van der Waals surface area contributed by atoms with Gasteiger partial charge in [0.05, 0.1) is 18.2 Å². The summed E-state index contributed by atoms with van der Waals surface area (Å²) in [5.74, 6) is 1.07. The molecule has 1 amide bonds. The van der Waals surface area contributed by atoms with Gasteiger partial charge in [0.1, 0.15) is 23.7 Å². The van der Waals surface area contributed by atoms with Crippen molar-refractivity contribution in [1.82, 2.24) is 24.5 Å². The van der Waals surface area contributed by atoms with Crippen LogP contribution in [0.2, 0.25) is 0 Å². The predicted octanol–water partition coefficient (Wildman–Crippen LogP) is 1.99. The van der Waals surface area contributed by atoms with Crippen LogP contribution < -0.4 is 16.0 Å². The highest BCUT2D eigenvalue weighted by Gasteiger charge is 2.19. The van der Waals surface area contributed by atoms with E-state index in [1.165, 1.54) is 25.6 Å². The van der Waals surface area contributed by atoms with Gasteiger partial charge in [-0.05, 0) is 38.3 Å². The zero-order chi connectivity index (χ0) is 18.8. The van der Waals surface area contributed by atoms with Gasteiger partial charge in [0.15, 0.2) is 11.5 Å². The number of nitrogens with two attached hydrogens (primary N) is 1. The Bertz CT molecular complexity index is 946. The van der Waals surface area contributed by atoms with Crippen LogP contribution in [-0.2, 0) is 4.79 Å². The van der Waals surface area contributed by atoms with Gasteiger partial charge in [-0.2, -0.15) is 0 Å². The second-order valence-corrected chi connectivity index (χ2v) is 6.70. The molecule has 0 aromatic carbocycles. The lowest BCUT2D eigenvalue weighted by Crippen LogP contribution is -2.30. The van der Waals surface area contributed by atoms with Crippen LogP contribution in [0.5, 0.6) is 0 Å². The van der Waals surface area contributed by atoms with Gasteiger partial charge in [-0.3, -0.25) is 4.79 Å². The molecule has 4 heterocycles. The SMILES string of the molecule is CC(C(=O)Nc1ccc(N2CCCCC2)nc1)n1cnc2c(N)ncnc21. The van der Waals surface area contributed by atoms with E-state index in [2.05, 4.69) is 30.2 Å². The zero-order valence-corrected chi connectivity index (χ0v) is 15.2. The topological polar surface area (TPSA) is 115 Å². The number of anilines is 3. The number of nitrogen functional groups attached to an aromatic ring is 1. The number of piperidine rings is 1. The fourth-order valence-corrected chi connectivity index (χ4v) is 3.30. The summed E-state index contributed by atoms with van der Waals surface area (Å²) in [5, 5.41) is 2.90. The summed E-state index contributed by atoms with van der Waals surface area (Å²) in [6.07, 6.45) is 8.29. The molecule has 3 aromatic heterocycles. The molecule has 9 heteroatoms. The van der Waals surface area contributed by atoms with Crippen molar-refractivity contribution in [2.24, 2.45) is 0 Å². The average molecular weight is 366 g/mol. The number of fused-ring (bicyclic) bond motifs is 1. The molecular weight excluding hydrogens is 344 g/mol. The van der Waals surface area contributed by atoms with Crippen molar-refractivity contribution in [3.05, 3.63) is 31.0 Å². The van der Waals surface area contributed by atoms with Crippen LogP contribution in [0.15, 0.2) is 31.0 Å². The van der Waals surface area contributed by atoms with Gasteiger partial charge in [-0.15, -0.1) is 0 Å². The van der Waals surface area contributed by atoms with Crippen LogP contribution in [0.3, 0.4) is 0 Å². The number of pyridine rings is 1. The fourth-order valence-electron chi connectivity index (χ4n) is 3.30. The normalized spacial score (nSPS) is 15.7. The van der Waals surface area contributed by atoms with Gasteiger partial charge in [-0.1, -0.05) is 0 Å². The number of carbonyl (C=O) groups excluding carboxylic acids is 1. The summed E-state index contributed by atoms with van der Waals surface area (Å²) >= 11 is 0. The quantitative estimate of drug-likeness (QED) is 0.725. The number of nitrogens with zero attached hydrogens (tertiary/aromatic N) is 6. The van der Waals surface area contributed by atoms with Gasteiger partial charge in [0.25, 0.3) is 0 Å². The molecule has 3 aromatic rings. The van der Waals surface area contributed by atoms with E-state index in [9.17, 15) is 4.79 Å². The van der Waals surface area contributed by atoms with Gasteiger partial charge in [0, 0.05) is 13.1 Å². The Morgan fingerprint density at radius 2 is 1.96 bits per heavy atom. The van der Waals surface area contributed by atoms with Crippen molar-refractivity contribution in [1.29, 1.82) is 0 Å². The van der Waals surface area contributed by atoms with Gasteiger partial charge in [-0.25, -0.2) is 19.9 Å². The molecule has 0 aliphatic carbocycles. The summed E-state index contributed by atoms with van der Waals surface area (Å²) in [4.78, 5) is 31.7. The first-order valence-electron chi connectivity index (χ1n) is 9.08. The molecule has 1 saturated heterocycles. The maximum atomic E-state index is 12.7. The minimum Gasteiger partial charge on any atom is -0.382 e. The Morgan fingerprint density at radius 1 is 1.15 bits per heavy atom. The first-order valence-corrected chi connectivity index (χ1v) is 9.08. The minimum atomic E-state index is -0.508. The standard InChI is InChI=1S/C18H22N8O/c1-12(26-11-23-15-16(19)21-10-22-17(15)26)18(27)24-13-5-6-14(20-9-13)25-7-3-2-4-8-25/h5-6,9-12H,2-4,7-8H2,1H3,(H,24,27)(H2,19,21,22). The van der Waals surface area contributed by atoms with E-state index in [1.807, 2.05) is 12.1 Å². The Hall–Kier alpha value is -3.23. The van der Waals surface area contributed by atoms with Crippen LogP contribution >= 0.6 is 0 Å². The summed E-state index contributed by atoms with van der Waals surface area (Å²) in [5.41, 5.74) is 7.49. The minimum absolute atomic E-state index is 0.181. The highest BCUT2D eigenvalue weighted by Crippen LogP contribution is 2.21. The van der Waals surface area contributed by atoms with Crippen molar-refractivity contribution in [2.75, 3.05) is 29.0 Å². The summed E-state index contributed by atoms with van der Waals surface area (Å²) < 4.78 is 1.68. The summed E-state index contributed by atoms with van der Waals surface area (Å²) in [6.45, 7) is 3.85. The van der Waals surface area contributed by atoms with E-state index >= 15 is 0 Å². The number of imidazole rings is 1. The van der Waals surface area contributed by atoms with Crippen LogP contribution in [-0.4, -0.2) is 43.5 Å². The number of carbonyl (C=O) groups is 1. The molecule has 0 bridgehead atoms. The molecule has 1 fully saturated rings. The number of hydrogen-bond donors (Lipinski definition) is 2. The van der Waals surface area contributed by atoms with E-state index in [0.717, 1.165) is 18.9 Å². The molecular formula is C18H22N8O. The van der Waals surface area contributed by atoms with Gasteiger partial charge < -0.3 is 20.5 Å². The molecule has 0 saturated carbocycles. The summed E-state index contributed by atoms with van der Waals surface area (Å²) in [7, 11) is 0. The smallest absolute Gasteiger partial charge is 0.247 e. The highest BCUT2D eigenvalue weighted by atomic mass is 16.2. The second kappa shape index (κ2) is 7.18. The third-order valence-electron chi connectivity index (χ3n) is 4.88. The molecule has 9 nitrogen and oxygen atoms in total. The van der Waals surface area contributed by atoms with Crippen molar-refractivity contribution >= 4 is 34.4 Å². The number of amides is 1. The molecule has 4 rings (SSSR count). The Morgan fingerprint density at radius 3 is 2.70 bits per heavy atom.